The second kappa shape index (κ2) is 20.7. The van der Waals surface area contributed by atoms with Crippen molar-refractivity contribution >= 4 is 37.0 Å². The average Bonchev–Trinajstić information content (AvgIpc) is 3.79. The SMILES string of the molecule is C/C=C1\C=C[C@@]2(C)C(=C1)CC[C@@H]1[C@@H]2[C@@H](O)C[C@@]2(C)[C@H]1C[C@H]1O[C@@H](c3ccc(Cc4cccc(NC(=O)[C@H](CCCCN)NC(=O)CNC(=O)CC(C)CC)c4)cc3)O[C@]12C(=O)COP(=O)(O)O. The molecule has 4 fully saturated rings. The number of aliphatic hydroxyl groups is 1. The molecule has 0 radical (unpaired) electrons. The summed E-state index contributed by atoms with van der Waals surface area (Å²) in [5.41, 5.74) is 8.26. The fraction of sp³-hybridized carbons (Fsp3) is 0.569. The van der Waals surface area contributed by atoms with E-state index in [0.717, 1.165) is 36.0 Å². The van der Waals surface area contributed by atoms with E-state index in [1.54, 1.807) is 6.07 Å². The Bertz CT molecular complexity index is 2310. The first kappa shape index (κ1) is 50.6. The third-order valence-corrected chi connectivity index (χ3v) is 16.0. The molecule has 5 aliphatic rings. The number of benzene rings is 2. The van der Waals surface area contributed by atoms with Crippen molar-refractivity contribution in [3.63, 3.8) is 0 Å². The molecule has 1 unspecified atom stereocenters. The Kier molecular flexibility index (Phi) is 15.6. The molecule has 0 bridgehead atoms. The van der Waals surface area contributed by atoms with Gasteiger partial charge in [-0.15, -0.1) is 0 Å². The number of allylic oxidation sites excluding steroid dienone is 6. The molecule has 16 heteroatoms. The topological polar surface area (TPSA) is 236 Å². The highest BCUT2D eigenvalue weighted by molar-refractivity contribution is 7.46. The molecule has 0 aromatic heterocycles. The van der Waals surface area contributed by atoms with Gasteiger partial charge in [-0.05, 0) is 111 Å². The Balaban J connectivity index is 1.04. The summed E-state index contributed by atoms with van der Waals surface area (Å²) in [5, 5.41) is 20.5. The molecule has 11 atom stereocenters. The Labute approximate surface area is 394 Å². The third kappa shape index (κ3) is 10.6. The number of hydrogen-bond acceptors (Lipinski definition) is 10. The molecule has 4 aliphatic carbocycles. The number of carbonyl (C=O) groups is 4. The highest BCUT2D eigenvalue weighted by Gasteiger charge is 2.76. The molecule has 8 N–H and O–H groups in total. The molecule has 1 aliphatic heterocycles. The largest absolute Gasteiger partial charge is 0.470 e. The van der Waals surface area contributed by atoms with Crippen molar-refractivity contribution in [2.75, 3.05) is 25.0 Å². The molecule has 0 spiro atoms. The zero-order valence-electron chi connectivity index (χ0n) is 39.4. The van der Waals surface area contributed by atoms with Gasteiger partial charge in [0, 0.05) is 34.4 Å². The van der Waals surface area contributed by atoms with Crippen LogP contribution in [0.5, 0.6) is 0 Å². The summed E-state index contributed by atoms with van der Waals surface area (Å²) < 4.78 is 30.2. The van der Waals surface area contributed by atoms with Gasteiger partial charge in [0.2, 0.25) is 17.7 Å². The van der Waals surface area contributed by atoms with Crippen molar-refractivity contribution in [3.05, 3.63) is 101 Å². The fourth-order valence-electron chi connectivity index (χ4n) is 11.9. The molecule has 364 valence electrons. The van der Waals surface area contributed by atoms with Crippen LogP contribution in [-0.2, 0) is 44.2 Å². The standard InChI is InChI=1S/C51H69N4O11P/c1-6-31(3)23-44(58)53-29-45(59)55-40(13-8-9-22-52)47(60)54-37-12-10-11-34(26-37)24-33-14-16-35(17-15-33)48-65-43-27-39-38-19-18-36-25-32(7-2)20-21-49(36,4)46(38)41(56)28-50(39,5)51(43,66-48)42(57)30-64-67(61,62)63/h7,10-12,14-17,20-21,25-26,31,38-41,43,46,48,56H,6,8-9,13,18-19,22-24,27-30,52H2,1-5H3,(H,53,58)(H,54,60)(H,55,59)(H2,61,62,63)/b32-7+/t31?,38-,39-,40-,41-,43+,46+,48+,49-,50-,51+/m0/s1. The molecule has 3 saturated carbocycles. The number of unbranched alkanes of at least 4 members (excludes halogenated alkanes) is 1. The Morgan fingerprint density at radius 2 is 1.82 bits per heavy atom. The number of ketones is 1. The maximum atomic E-state index is 14.5. The first-order valence-corrected chi connectivity index (χ1v) is 25.4. The number of ether oxygens (including phenoxy) is 2. The van der Waals surface area contributed by atoms with E-state index in [-0.39, 0.29) is 53.9 Å². The van der Waals surface area contributed by atoms with E-state index in [2.05, 4.69) is 47.2 Å². The van der Waals surface area contributed by atoms with Crippen LogP contribution in [-0.4, -0.2) is 81.9 Å². The van der Waals surface area contributed by atoms with Crippen molar-refractivity contribution < 1.29 is 52.6 Å². The predicted octanol–water partition coefficient (Wildman–Crippen LogP) is 6.48. The van der Waals surface area contributed by atoms with Crippen LogP contribution in [0.3, 0.4) is 0 Å². The van der Waals surface area contributed by atoms with Crippen LogP contribution in [0.1, 0.15) is 115 Å². The number of aliphatic hydroxyl groups excluding tert-OH is 1. The minimum absolute atomic E-state index is 0.0377. The summed E-state index contributed by atoms with van der Waals surface area (Å²) >= 11 is 0. The molecule has 1 saturated heterocycles. The lowest BCUT2D eigenvalue weighted by Gasteiger charge is -2.60. The van der Waals surface area contributed by atoms with E-state index in [0.29, 0.717) is 56.3 Å². The van der Waals surface area contributed by atoms with Gasteiger partial charge in [0.05, 0.1) is 18.8 Å². The van der Waals surface area contributed by atoms with Gasteiger partial charge >= 0.3 is 7.82 Å². The Morgan fingerprint density at radius 1 is 1.06 bits per heavy atom. The highest BCUT2D eigenvalue weighted by Crippen LogP contribution is 2.70. The molecule has 15 nitrogen and oxygen atoms in total. The third-order valence-electron chi connectivity index (χ3n) is 15.5. The van der Waals surface area contributed by atoms with Crippen molar-refractivity contribution in [2.45, 2.75) is 129 Å². The number of phosphoric ester groups is 1. The van der Waals surface area contributed by atoms with Crippen molar-refractivity contribution in [1.82, 2.24) is 10.6 Å². The first-order valence-electron chi connectivity index (χ1n) is 23.9. The van der Waals surface area contributed by atoms with Gasteiger partial charge < -0.3 is 46.1 Å². The van der Waals surface area contributed by atoms with Gasteiger partial charge in [0.15, 0.2) is 17.7 Å². The number of nitrogens with one attached hydrogen (secondary N) is 3. The van der Waals surface area contributed by atoms with E-state index >= 15 is 0 Å². The minimum atomic E-state index is -5.01. The summed E-state index contributed by atoms with van der Waals surface area (Å²) in [6.07, 6.45) is 11.9. The van der Waals surface area contributed by atoms with Crippen LogP contribution in [0.2, 0.25) is 0 Å². The number of anilines is 1. The number of nitrogens with two attached hydrogens (primary N) is 1. The minimum Gasteiger partial charge on any atom is -0.393 e. The number of hydrogen-bond donors (Lipinski definition) is 7. The average molecular weight is 945 g/mol. The summed E-state index contributed by atoms with van der Waals surface area (Å²) in [6, 6.07) is 14.2. The monoisotopic (exact) mass is 944 g/mol. The van der Waals surface area contributed by atoms with Crippen LogP contribution >= 0.6 is 7.82 Å². The number of Topliss-reactive ketones (excluding diaryl/α,β-unsaturated/α-hetero) is 1. The smallest absolute Gasteiger partial charge is 0.393 e. The zero-order chi connectivity index (χ0) is 48.3. The van der Waals surface area contributed by atoms with Crippen LogP contribution in [0.4, 0.5) is 5.69 Å². The maximum Gasteiger partial charge on any atom is 0.470 e. The normalized spacial score (nSPS) is 31.1. The van der Waals surface area contributed by atoms with Crippen molar-refractivity contribution in [2.24, 2.45) is 40.2 Å². The molecular formula is C51H69N4O11P. The fourth-order valence-corrected chi connectivity index (χ4v) is 12.2. The second-order valence-corrected chi connectivity index (χ2v) is 21.1. The highest BCUT2D eigenvalue weighted by atomic mass is 31.2. The van der Waals surface area contributed by atoms with E-state index in [1.165, 1.54) is 5.57 Å². The van der Waals surface area contributed by atoms with Crippen LogP contribution in [0.15, 0.2) is 84.0 Å². The van der Waals surface area contributed by atoms with E-state index in [1.807, 2.05) is 70.2 Å². The lowest BCUT2D eigenvalue weighted by molar-refractivity contribution is -0.200. The zero-order valence-corrected chi connectivity index (χ0v) is 40.3. The molecule has 2 aromatic rings. The van der Waals surface area contributed by atoms with E-state index in [9.17, 15) is 38.6 Å². The van der Waals surface area contributed by atoms with Crippen LogP contribution in [0, 0.1) is 34.5 Å². The van der Waals surface area contributed by atoms with Gasteiger partial charge in [0.25, 0.3) is 0 Å². The quantitative estimate of drug-likeness (QED) is 0.0592. The van der Waals surface area contributed by atoms with E-state index in [4.69, 9.17) is 19.7 Å². The summed E-state index contributed by atoms with van der Waals surface area (Å²) in [6.45, 7) is 9.51. The molecule has 1 heterocycles. The first-order chi connectivity index (χ1) is 31.8. The van der Waals surface area contributed by atoms with Gasteiger partial charge in [-0.25, -0.2) is 4.57 Å². The molecule has 7 rings (SSSR count). The van der Waals surface area contributed by atoms with E-state index < -0.39 is 61.7 Å². The van der Waals surface area contributed by atoms with Crippen molar-refractivity contribution in [1.29, 1.82) is 0 Å². The maximum absolute atomic E-state index is 14.5. The number of phosphoric acid groups is 1. The lowest BCUT2D eigenvalue weighted by Crippen LogP contribution is -2.63. The molecule has 2 aromatic carbocycles. The molecule has 3 amide bonds. The summed E-state index contributed by atoms with van der Waals surface area (Å²) in [7, 11) is -5.01. The van der Waals surface area contributed by atoms with Gasteiger partial charge in [-0.1, -0.05) is 100 Å². The lowest BCUT2D eigenvalue weighted by atomic mass is 9.46. The summed E-state index contributed by atoms with van der Waals surface area (Å²) in [4.78, 5) is 72.4. The van der Waals surface area contributed by atoms with Crippen molar-refractivity contribution in [3.8, 4) is 0 Å². The van der Waals surface area contributed by atoms with Gasteiger partial charge in [-0.3, -0.25) is 23.7 Å². The van der Waals surface area contributed by atoms with Gasteiger partial charge in [0.1, 0.15) is 12.6 Å². The van der Waals surface area contributed by atoms with Gasteiger partial charge in [-0.2, -0.15) is 0 Å². The predicted molar refractivity (Wildman–Crippen MR) is 253 cm³/mol. The Morgan fingerprint density at radius 3 is 2.52 bits per heavy atom. The molecular weight excluding hydrogens is 876 g/mol. The number of amides is 3. The number of fused-ring (bicyclic) bond motifs is 7. The molecule has 67 heavy (non-hydrogen) atoms. The number of carbonyl (C=O) groups excluding carboxylic acids is 4. The van der Waals surface area contributed by atoms with Crippen LogP contribution < -0.4 is 21.7 Å². The summed E-state index contributed by atoms with van der Waals surface area (Å²) in [5.74, 6) is -1.61. The Hall–Kier alpha value is -4.31. The second-order valence-electron chi connectivity index (χ2n) is 19.8. The van der Waals surface area contributed by atoms with Crippen LogP contribution in [0.25, 0.3) is 0 Å². The number of rotatable bonds is 19.